The van der Waals surface area contributed by atoms with Crippen molar-refractivity contribution in [3.63, 3.8) is 0 Å². The van der Waals surface area contributed by atoms with Gasteiger partial charge >= 0.3 is 12.1 Å². The molecule has 2 amide bonds. The van der Waals surface area contributed by atoms with Gasteiger partial charge in [0, 0.05) is 13.0 Å². The van der Waals surface area contributed by atoms with E-state index >= 15 is 0 Å². The molecule has 3 N–H and O–H groups in total. The highest BCUT2D eigenvalue weighted by Crippen LogP contribution is 2.01. The van der Waals surface area contributed by atoms with E-state index in [1.807, 2.05) is 18.2 Å². The molecule has 0 radical (unpaired) electrons. The number of nitrogens with one attached hydrogen (secondary N) is 2. The van der Waals surface area contributed by atoms with Crippen LogP contribution in [0.3, 0.4) is 0 Å². The number of aliphatic hydroxyl groups excluding tert-OH is 1. The maximum atomic E-state index is 11.8. The van der Waals surface area contributed by atoms with Crippen LogP contribution in [0.15, 0.2) is 30.3 Å². The number of alkyl carbamates (subject to hydrolysis) is 1. The number of methoxy groups -OCH3 is 1. The average Bonchev–Trinajstić information content (AvgIpc) is 2.64. The molecular formula is C18H22N2O6. The zero-order chi connectivity index (χ0) is 19.4. The SMILES string of the molecule is C#CC[C@@H](NC(=O)C[C@H](O)CNC(=O)OCc1ccccc1)C(=O)OC. The predicted molar refractivity (Wildman–Crippen MR) is 92.7 cm³/mol. The second kappa shape index (κ2) is 11.5. The monoisotopic (exact) mass is 362 g/mol. The number of aliphatic hydroxyl groups is 1. The van der Waals surface area contributed by atoms with Gasteiger partial charge in [-0.05, 0) is 5.56 Å². The molecule has 0 aliphatic rings. The molecule has 0 spiro atoms. The molecule has 8 nitrogen and oxygen atoms in total. The topological polar surface area (TPSA) is 114 Å². The molecule has 140 valence electrons. The Morgan fingerprint density at radius 1 is 1.27 bits per heavy atom. The Balaban J connectivity index is 2.30. The molecule has 0 aliphatic heterocycles. The number of hydrogen-bond donors (Lipinski definition) is 3. The van der Waals surface area contributed by atoms with Gasteiger partial charge in [-0.3, -0.25) is 4.79 Å². The van der Waals surface area contributed by atoms with Gasteiger partial charge in [0.05, 0.1) is 19.6 Å². The normalized spacial score (nSPS) is 12.2. The van der Waals surface area contributed by atoms with E-state index in [1.165, 1.54) is 7.11 Å². The highest BCUT2D eigenvalue weighted by molar-refractivity contribution is 5.84. The molecular weight excluding hydrogens is 340 g/mol. The summed E-state index contributed by atoms with van der Waals surface area (Å²) in [5, 5.41) is 14.5. The first-order chi connectivity index (χ1) is 12.5. The Bertz CT molecular complexity index is 641. The molecule has 2 atom stereocenters. The van der Waals surface area contributed by atoms with Crippen molar-refractivity contribution in [1.29, 1.82) is 0 Å². The molecule has 0 heterocycles. The van der Waals surface area contributed by atoms with Gasteiger partial charge in [0.1, 0.15) is 12.6 Å². The quantitative estimate of drug-likeness (QED) is 0.431. The Morgan fingerprint density at radius 3 is 2.58 bits per heavy atom. The van der Waals surface area contributed by atoms with Crippen molar-refractivity contribution in [2.75, 3.05) is 13.7 Å². The van der Waals surface area contributed by atoms with Gasteiger partial charge in [-0.1, -0.05) is 30.3 Å². The highest BCUT2D eigenvalue weighted by atomic mass is 16.5. The number of carbonyl (C=O) groups excluding carboxylic acids is 3. The maximum Gasteiger partial charge on any atom is 0.407 e. The summed E-state index contributed by atoms with van der Waals surface area (Å²) in [4.78, 5) is 34.9. The minimum atomic E-state index is -1.15. The van der Waals surface area contributed by atoms with Crippen molar-refractivity contribution in [2.24, 2.45) is 0 Å². The molecule has 0 unspecified atom stereocenters. The summed E-state index contributed by atoms with van der Waals surface area (Å²) in [6.45, 7) is -0.0881. The van der Waals surface area contributed by atoms with Crippen LogP contribution in [-0.4, -0.2) is 48.9 Å². The van der Waals surface area contributed by atoms with E-state index < -0.39 is 30.1 Å². The molecule has 0 bridgehead atoms. The Kier molecular flexibility index (Phi) is 9.28. The molecule has 0 aromatic heterocycles. The number of carbonyl (C=O) groups is 3. The van der Waals surface area contributed by atoms with Crippen LogP contribution in [-0.2, 0) is 25.7 Å². The summed E-state index contributed by atoms with van der Waals surface area (Å²) >= 11 is 0. The molecule has 8 heteroatoms. The van der Waals surface area contributed by atoms with Crippen LogP contribution in [0.4, 0.5) is 4.79 Å². The summed E-state index contributed by atoms with van der Waals surface area (Å²) < 4.78 is 9.51. The Hall–Kier alpha value is -3.05. The zero-order valence-corrected chi connectivity index (χ0v) is 14.4. The zero-order valence-electron chi connectivity index (χ0n) is 14.4. The molecule has 0 aliphatic carbocycles. The van der Waals surface area contributed by atoms with Crippen molar-refractivity contribution in [3.05, 3.63) is 35.9 Å². The summed E-state index contributed by atoms with van der Waals surface area (Å²) in [7, 11) is 1.18. The number of ether oxygens (including phenoxy) is 2. The smallest absolute Gasteiger partial charge is 0.407 e. The fraction of sp³-hybridized carbons (Fsp3) is 0.389. The number of amides is 2. The lowest BCUT2D eigenvalue weighted by atomic mass is 10.2. The van der Waals surface area contributed by atoms with Gasteiger partial charge < -0.3 is 25.2 Å². The van der Waals surface area contributed by atoms with Gasteiger partial charge in [-0.2, -0.15) is 0 Å². The van der Waals surface area contributed by atoms with Crippen molar-refractivity contribution < 1.29 is 29.0 Å². The third-order valence-corrected chi connectivity index (χ3v) is 3.26. The van der Waals surface area contributed by atoms with E-state index in [0.29, 0.717) is 0 Å². The molecule has 26 heavy (non-hydrogen) atoms. The minimum absolute atomic E-state index is 0.0292. The highest BCUT2D eigenvalue weighted by Gasteiger charge is 2.22. The van der Waals surface area contributed by atoms with Gasteiger partial charge in [-0.25, -0.2) is 9.59 Å². The second-order valence-corrected chi connectivity index (χ2v) is 5.35. The first-order valence-electron chi connectivity index (χ1n) is 7.89. The van der Waals surface area contributed by atoms with E-state index in [1.54, 1.807) is 12.1 Å². The fourth-order valence-electron chi connectivity index (χ4n) is 1.97. The van der Waals surface area contributed by atoms with Gasteiger partial charge in [0.25, 0.3) is 0 Å². The lowest BCUT2D eigenvalue weighted by Gasteiger charge is -2.16. The number of hydrogen-bond acceptors (Lipinski definition) is 6. The number of rotatable bonds is 9. The van der Waals surface area contributed by atoms with Crippen LogP contribution < -0.4 is 10.6 Å². The van der Waals surface area contributed by atoms with Crippen LogP contribution in [0.2, 0.25) is 0 Å². The first kappa shape index (κ1) is 21.0. The van der Waals surface area contributed by atoms with Gasteiger partial charge in [0.2, 0.25) is 5.91 Å². The third kappa shape index (κ3) is 8.17. The van der Waals surface area contributed by atoms with Crippen molar-refractivity contribution in [3.8, 4) is 12.3 Å². The van der Waals surface area contributed by atoms with Crippen molar-refractivity contribution in [2.45, 2.75) is 31.6 Å². The van der Waals surface area contributed by atoms with Crippen LogP contribution in [0.5, 0.6) is 0 Å². The van der Waals surface area contributed by atoms with E-state index in [2.05, 4.69) is 21.3 Å². The fourth-order valence-corrected chi connectivity index (χ4v) is 1.97. The number of esters is 1. The first-order valence-corrected chi connectivity index (χ1v) is 7.89. The van der Waals surface area contributed by atoms with Crippen molar-refractivity contribution >= 4 is 18.0 Å². The summed E-state index contributed by atoms with van der Waals surface area (Å²) in [5.74, 6) is 0.990. The standard InChI is InChI=1S/C18H22N2O6/c1-3-7-15(17(23)25-2)20-16(22)10-14(21)11-19-18(24)26-12-13-8-5-4-6-9-13/h1,4-6,8-9,14-15,21H,7,10-12H2,2H3,(H,19,24)(H,20,22)/t14-,15+/m0/s1. The molecule has 0 saturated heterocycles. The van der Waals surface area contributed by atoms with Gasteiger partial charge in [-0.15, -0.1) is 12.3 Å². The summed E-state index contributed by atoms with van der Waals surface area (Å²) in [5.41, 5.74) is 0.824. The minimum Gasteiger partial charge on any atom is -0.467 e. The van der Waals surface area contributed by atoms with Crippen LogP contribution >= 0.6 is 0 Å². The van der Waals surface area contributed by atoms with Crippen LogP contribution in [0.1, 0.15) is 18.4 Å². The molecule has 1 aromatic rings. The lowest BCUT2D eigenvalue weighted by molar-refractivity contribution is -0.145. The van der Waals surface area contributed by atoms with E-state index in [-0.39, 0.29) is 26.0 Å². The number of terminal acetylenes is 1. The summed E-state index contributed by atoms with van der Waals surface area (Å²) in [6, 6.07) is 8.12. The maximum absolute atomic E-state index is 11.8. The van der Waals surface area contributed by atoms with E-state index in [9.17, 15) is 19.5 Å². The summed E-state index contributed by atoms with van der Waals surface area (Å²) in [6.07, 6.45) is 2.91. The van der Waals surface area contributed by atoms with Crippen LogP contribution in [0, 0.1) is 12.3 Å². The van der Waals surface area contributed by atoms with Gasteiger partial charge in [0.15, 0.2) is 0 Å². The lowest BCUT2D eigenvalue weighted by Crippen LogP contribution is -2.43. The van der Waals surface area contributed by atoms with Crippen molar-refractivity contribution in [1.82, 2.24) is 10.6 Å². The third-order valence-electron chi connectivity index (χ3n) is 3.26. The Morgan fingerprint density at radius 2 is 1.96 bits per heavy atom. The molecule has 1 rings (SSSR count). The molecule has 1 aromatic carbocycles. The van der Waals surface area contributed by atoms with E-state index in [4.69, 9.17) is 11.2 Å². The molecule has 0 fully saturated rings. The largest absolute Gasteiger partial charge is 0.467 e. The number of benzene rings is 1. The molecule has 0 saturated carbocycles. The Labute approximate surface area is 151 Å². The van der Waals surface area contributed by atoms with Crippen LogP contribution in [0.25, 0.3) is 0 Å². The average molecular weight is 362 g/mol. The predicted octanol–water partition coefficient (Wildman–Crippen LogP) is 0.345. The second-order valence-electron chi connectivity index (χ2n) is 5.35. The van der Waals surface area contributed by atoms with E-state index in [0.717, 1.165) is 5.56 Å².